The lowest BCUT2D eigenvalue weighted by Gasteiger charge is -2.09. The molecule has 2 heterocycles. The second kappa shape index (κ2) is 5.15. The number of carbonyl (C=O) groups excluding carboxylic acids is 1. The van der Waals surface area contributed by atoms with Crippen LogP contribution in [0.15, 0.2) is 30.5 Å². The molecular formula is C17H15FN4O. The van der Waals surface area contributed by atoms with E-state index in [2.05, 4.69) is 15.4 Å². The predicted octanol–water partition coefficient (Wildman–Crippen LogP) is 2.85. The number of halogens is 1. The molecule has 0 aliphatic heterocycles. The average Bonchev–Trinajstić information content (AvgIpc) is 3.11. The first-order valence-electron chi connectivity index (χ1n) is 7.54. The fourth-order valence-corrected chi connectivity index (χ4v) is 3.18. The largest absolute Gasteiger partial charge is 0.305 e. The molecule has 3 aromatic rings. The van der Waals surface area contributed by atoms with E-state index < -0.39 is 5.82 Å². The van der Waals surface area contributed by atoms with Crippen LogP contribution in [0, 0.1) is 5.82 Å². The zero-order valence-corrected chi connectivity index (χ0v) is 12.6. The summed E-state index contributed by atoms with van der Waals surface area (Å²) < 4.78 is 15.5. The fraction of sp³-hybridized carbons (Fsp3) is 0.235. The van der Waals surface area contributed by atoms with Crippen LogP contribution in [-0.2, 0) is 19.9 Å². The Bertz CT molecular complexity index is 932. The number of carbonyl (C=O) groups is 1. The molecule has 0 spiro atoms. The summed E-state index contributed by atoms with van der Waals surface area (Å²) >= 11 is 0. The van der Waals surface area contributed by atoms with Gasteiger partial charge in [-0.25, -0.2) is 9.37 Å². The molecule has 0 saturated heterocycles. The number of nitrogens with zero attached hydrogens (tertiary/aromatic N) is 3. The van der Waals surface area contributed by atoms with Crippen LogP contribution in [0.1, 0.15) is 28.2 Å². The van der Waals surface area contributed by atoms with E-state index in [1.807, 2.05) is 7.05 Å². The molecule has 0 atom stereocenters. The van der Waals surface area contributed by atoms with Crippen LogP contribution >= 0.6 is 0 Å². The summed E-state index contributed by atoms with van der Waals surface area (Å²) in [5.41, 5.74) is 2.35. The molecule has 6 heteroatoms. The molecule has 1 aromatic carbocycles. The number of amides is 1. The highest BCUT2D eigenvalue weighted by Crippen LogP contribution is 2.29. The number of benzene rings is 1. The lowest BCUT2D eigenvalue weighted by Crippen LogP contribution is -2.17. The van der Waals surface area contributed by atoms with Gasteiger partial charge >= 0.3 is 0 Å². The van der Waals surface area contributed by atoms with Crippen molar-refractivity contribution in [3.63, 3.8) is 0 Å². The number of rotatable bonds is 2. The Kier molecular flexibility index (Phi) is 3.11. The first kappa shape index (κ1) is 13.9. The zero-order valence-electron chi connectivity index (χ0n) is 12.6. The second-order valence-corrected chi connectivity index (χ2v) is 5.71. The van der Waals surface area contributed by atoms with Gasteiger partial charge in [-0.1, -0.05) is 24.3 Å². The van der Waals surface area contributed by atoms with Crippen molar-refractivity contribution in [3.05, 3.63) is 53.2 Å². The Morgan fingerprint density at radius 2 is 2.04 bits per heavy atom. The van der Waals surface area contributed by atoms with E-state index in [9.17, 15) is 9.18 Å². The van der Waals surface area contributed by atoms with Gasteiger partial charge < -0.3 is 5.32 Å². The minimum absolute atomic E-state index is 0.218. The molecule has 5 nitrogen and oxygen atoms in total. The molecule has 1 aliphatic rings. The summed E-state index contributed by atoms with van der Waals surface area (Å²) in [6, 6.07) is 6.85. The summed E-state index contributed by atoms with van der Waals surface area (Å²) in [6.45, 7) is 0. The van der Waals surface area contributed by atoms with Gasteiger partial charge in [-0.15, -0.1) is 0 Å². The van der Waals surface area contributed by atoms with Gasteiger partial charge in [0.2, 0.25) is 0 Å². The smallest absolute Gasteiger partial charge is 0.276 e. The third-order valence-electron chi connectivity index (χ3n) is 4.26. The van der Waals surface area contributed by atoms with Gasteiger partial charge in [0.1, 0.15) is 17.3 Å². The number of hydrogen-bond donors (Lipinski definition) is 1. The van der Waals surface area contributed by atoms with Gasteiger partial charge in [-0.2, -0.15) is 5.10 Å². The van der Waals surface area contributed by atoms with Crippen molar-refractivity contribution < 1.29 is 9.18 Å². The number of nitrogens with one attached hydrogen (secondary N) is 1. The first-order chi connectivity index (χ1) is 11.1. The molecule has 1 N–H and O–H groups in total. The highest BCUT2D eigenvalue weighted by molar-refractivity contribution is 6.11. The van der Waals surface area contributed by atoms with Gasteiger partial charge in [0.25, 0.3) is 5.91 Å². The zero-order chi connectivity index (χ0) is 16.0. The van der Waals surface area contributed by atoms with E-state index in [-0.39, 0.29) is 11.6 Å². The molecule has 1 amide bonds. The molecule has 116 valence electrons. The van der Waals surface area contributed by atoms with Crippen LogP contribution in [-0.4, -0.2) is 20.7 Å². The predicted molar refractivity (Wildman–Crippen MR) is 84.9 cm³/mol. The maximum atomic E-state index is 13.8. The molecule has 0 bridgehead atoms. The number of fused-ring (bicyclic) bond motifs is 2. The van der Waals surface area contributed by atoms with E-state index in [0.29, 0.717) is 16.6 Å². The second-order valence-electron chi connectivity index (χ2n) is 5.71. The van der Waals surface area contributed by atoms with Gasteiger partial charge in [0.15, 0.2) is 0 Å². The van der Waals surface area contributed by atoms with Crippen LogP contribution in [0.3, 0.4) is 0 Å². The van der Waals surface area contributed by atoms with Crippen molar-refractivity contribution >= 4 is 22.5 Å². The van der Waals surface area contributed by atoms with Crippen molar-refractivity contribution in [1.29, 1.82) is 0 Å². The van der Waals surface area contributed by atoms with Crippen molar-refractivity contribution in [2.24, 2.45) is 7.05 Å². The highest BCUT2D eigenvalue weighted by Gasteiger charge is 2.23. The number of anilines is 1. The fourth-order valence-electron chi connectivity index (χ4n) is 3.18. The van der Waals surface area contributed by atoms with Crippen LogP contribution in [0.4, 0.5) is 10.2 Å². The van der Waals surface area contributed by atoms with E-state index in [1.165, 1.54) is 0 Å². The summed E-state index contributed by atoms with van der Waals surface area (Å²) in [4.78, 5) is 16.6. The SMILES string of the molecule is Cn1nc2c(c1NC(=O)c1ncc(F)c3ccccc13)CCC2. The molecular weight excluding hydrogens is 295 g/mol. The van der Waals surface area contributed by atoms with E-state index >= 15 is 0 Å². The van der Waals surface area contributed by atoms with Gasteiger partial charge in [-0.05, 0) is 19.3 Å². The normalized spacial score (nSPS) is 13.3. The quantitative estimate of drug-likeness (QED) is 0.792. The molecule has 0 radical (unpaired) electrons. The van der Waals surface area contributed by atoms with Crippen LogP contribution in [0.2, 0.25) is 0 Å². The Labute approximate surface area is 132 Å². The van der Waals surface area contributed by atoms with E-state index in [1.54, 1.807) is 28.9 Å². The molecule has 0 fully saturated rings. The van der Waals surface area contributed by atoms with E-state index in [0.717, 1.165) is 36.7 Å². The lowest BCUT2D eigenvalue weighted by molar-refractivity contribution is 0.102. The molecule has 2 aromatic heterocycles. The van der Waals surface area contributed by atoms with Gasteiger partial charge in [0, 0.05) is 23.4 Å². The Balaban J connectivity index is 1.75. The molecule has 23 heavy (non-hydrogen) atoms. The van der Waals surface area contributed by atoms with Crippen LogP contribution in [0.5, 0.6) is 0 Å². The summed E-state index contributed by atoms with van der Waals surface area (Å²) in [5, 5.41) is 8.23. The third kappa shape index (κ3) is 2.18. The number of aromatic nitrogens is 3. The van der Waals surface area contributed by atoms with Crippen molar-refractivity contribution in [1.82, 2.24) is 14.8 Å². The van der Waals surface area contributed by atoms with Crippen molar-refractivity contribution in [2.75, 3.05) is 5.32 Å². The molecule has 0 unspecified atom stereocenters. The first-order valence-corrected chi connectivity index (χ1v) is 7.54. The molecule has 0 saturated carbocycles. The summed E-state index contributed by atoms with van der Waals surface area (Å²) in [7, 11) is 1.81. The topological polar surface area (TPSA) is 59.8 Å². The molecule has 1 aliphatic carbocycles. The molecule has 4 rings (SSSR count). The number of aryl methyl sites for hydroxylation is 2. The monoisotopic (exact) mass is 310 g/mol. The number of hydrogen-bond acceptors (Lipinski definition) is 3. The van der Waals surface area contributed by atoms with Crippen LogP contribution < -0.4 is 5.32 Å². The lowest BCUT2D eigenvalue weighted by atomic mass is 10.1. The van der Waals surface area contributed by atoms with E-state index in [4.69, 9.17) is 0 Å². The van der Waals surface area contributed by atoms with Crippen molar-refractivity contribution in [3.8, 4) is 0 Å². The van der Waals surface area contributed by atoms with Gasteiger partial charge in [-0.3, -0.25) is 9.48 Å². The maximum Gasteiger partial charge on any atom is 0.276 e. The summed E-state index contributed by atoms with van der Waals surface area (Å²) in [5.74, 6) is -0.0739. The van der Waals surface area contributed by atoms with Crippen molar-refractivity contribution in [2.45, 2.75) is 19.3 Å². The Morgan fingerprint density at radius 1 is 1.26 bits per heavy atom. The third-order valence-corrected chi connectivity index (χ3v) is 4.26. The Morgan fingerprint density at radius 3 is 2.87 bits per heavy atom. The average molecular weight is 310 g/mol. The minimum Gasteiger partial charge on any atom is -0.305 e. The maximum absolute atomic E-state index is 13.8. The minimum atomic E-state index is -0.432. The standard InChI is InChI=1S/C17H15FN4O/c1-22-16(12-7-4-8-14(12)21-22)20-17(23)15-11-6-3-2-5-10(11)13(18)9-19-15/h2-3,5-6,9H,4,7-8H2,1H3,(H,20,23). The van der Waals surface area contributed by atoms with Crippen LogP contribution in [0.25, 0.3) is 10.8 Å². The Hall–Kier alpha value is -2.76. The van der Waals surface area contributed by atoms with Gasteiger partial charge in [0.05, 0.1) is 11.9 Å². The number of pyridine rings is 1. The highest BCUT2D eigenvalue weighted by atomic mass is 19.1. The summed E-state index contributed by atoms with van der Waals surface area (Å²) in [6.07, 6.45) is 4.00.